The number of hydrogen-bond acceptors (Lipinski definition) is 6. The first kappa shape index (κ1) is 16.6. The first-order valence-corrected chi connectivity index (χ1v) is 8.54. The number of ether oxygens (including phenoxy) is 1. The third-order valence-electron chi connectivity index (χ3n) is 2.44. The third kappa shape index (κ3) is 4.12. The Morgan fingerprint density at radius 3 is 2.71 bits per heavy atom. The molecule has 0 atom stereocenters. The summed E-state index contributed by atoms with van der Waals surface area (Å²) in [7, 11) is 0. The lowest BCUT2D eigenvalue weighted by Crippen LogP contribution is -2.33. The molecule has 0 saturated heterocycles. The Hall–Kier alpha value is -0.760. The summed E-state index contributed by atoms with van der Waals surface area (Å²) in [5, 5.41) is 3.14. The molecule has 4 nitrogen and oxygen atoms in total. The zero-order valence-corrected chi connectivity index (χ0v) is 14.9. The van der Waals surface area contributed by atoms with Crippen molar-refractivity contribution in [1.29, 1.82) is 0 Å². The first-order valence-electron chi connectivity index (χ1n) is 6.08. The fraction of sp³-hybridized carbons (Fsp3) is 0.385. The van der Waals surface area contributed by atoms with E-state index in [9.17, 15) is 9.59 Å². The number of halogens is 1. The monoisotopic (exact) mass is 363 g/mol. The number of nitrogens with one attached hydrogen (secondary N) is 1. The molecule has 0 bridgehead atoms. The van der Waals surface area contributed by atoms with Crippen LogP contribution in [0.4, 0.5) is 4.79 Å². The van der Waals surface area contributed by atoms with Crippen molar-refractivity contribution in [3.63, 3.8) is 0 Å². The fourth-order valence-corrected chi connectivity index (χ4v) is 4.76. The molecule has 2 aromatic rings. The van der Waals surface area contributed by atoms with Gasteiger partial charge in [0, 0.05) is 5.56 Å². The van der Waals surface area contributed by atoms with Crippen molar-refractivity contribution in [1.82, 2.24) is 5.32 Å². The number of fused-ring (bicyclic) bond motifs is 1. The van der Waals surface area contributed by atoms with Crippen LogP contribution in [-0.2, 0) is 11.3 Å². The number of carbonyl (C=O) groups is 1. The van der Waals surface area contributed by atoms with Gasteiger partial charge in [0.25, 0.3) is 0 Å². The summed E-state index contributed by atoms with van der Waals surface area (Å²) in [6, 6.07) is 1.64. The fourth-order valence-electron chi connectivity index (χ4n) is 1.62. The second kappa shape index (κ2) is 6.16. The van der Waals surface area contributed by atoms with E-state index < -0.39 is 11.7 Å². The van der Waals surface area contributed by atoms with Gasteiger partial charge in [-0.1, -0.05) is 11.6 Å². The Morgan fingerprint density at radius 2 is 2.10 bits per heavy atom. The van der Waals surface area contributed by atoms with Gasteiger partial charge >= 0.3 is 6.09 Å². The predicted octanol–water partition coefficient (Wildman–Crippen LogP) is 4.29. The number of thiol groups is 1. The van der Waals surface area contributed by atoms with Gasteiger partial charge in [0.05, 0.1) is 24.5 Å². The van der Waals surface area contributed by atoms with Crippen molar-refractivity contribution in [2.24, 2.45) is 0 Å². The van der Waals surface area contributed by atoms with Gasteiger partial charge in [-0.2, -0.15) is 0 Å². The zero-order valence-electron chi connectivity index (χ0n) is 11.7. The minimum absolute atomic E-state index is 0.0759. The number of thiophene rings is 1. The number of hydrogen-bond donors (Lipinski definition) is 2. The van der Waals surface area contributed by atoms with Crippen LogP contribution in [0, 0.1) is 0 Å². The molecule has 8 heteroatoms. The molecule has 0 aliphatic carbocycles. The number of carbonyl (C=O) groups excluding carboxylic acids is 1. The molecule has 1 N–H and O–H groups in total. The first-order chi connectivity index (χ1) is 9.67. The van der Waals surface area contributed by atoms with Crippen LogP contribution in [0.25, 0.3) is 9.40 Å². The van der Waals surface area contributed by atoms with Crippen LogP contribution in [0.2, 0.25) is 4.34 Å². The van der Waals surface area contributed by atoms with Gasteiger partial charge in [-0.25, -0.2) is 4.79 Å². The van der Waals surface area contributed by atoms with E-state index in [2.05, 4.69) is 17.9 Å². The summed E-state index contributed by atoms with van der Waals surface area (Å²) in [4.78, 5) is 24.0. The van der Waals surface area contributed by atoms with Crippen LogP contribution in [-0.4, -0.2) is 11.7 Å². The van der Waals surface area contributed by atoms with Crippen molar-refractivity contribution in [3.05, 3.63) is 26.2 Å². The quantitative estimate of drug-likeness (QED) is 0.782. The minimum Gasteiger partial charge on any atom is -0.444 e. The summed E-state index contributed by atoms with van der Waals surface area (Å²) in [5.41, 5.74) is -0.300. The second-order valence-corrected chi connectivity index (χ2v) is 9.03. The predicted molar refractivity (Wildman–Crippen MR) is 91.3 cm³/mol. The molecule has 1 amide bonds. The van der Waals surface area contributed by atoms with Gasteiger partial charge in [-0.15, -0.1) is 35.3 Å². The van der Waals surface area contributed by atoms with Crippen LogP contribution < -0.4 is 10.7 Å². The lowest BCUT2D eigenvalue weighted by atomic mass is 10.2. The largest absolute Gasteiger partial charge is 0.444 e. The highest BCUT2D eigenvalue weighted by molar-refractivity contribution is 7.83. The van der Waals surface area contributed by atoms with Gasteiger partial charge in [0.15, 0.2) is 5.43 Å². The molecule has 0 spiro atoms. The summed E-state index contributed by atoms with van der Waals surface area (Å²) < 4.78 is 7.10. The van der Waals surface area contributed by atoms with Crippen LogP contribution >= 0.6 is 46.9 Å². The molecule has 0 unspecified atom stereocenters. The second-order valence-electron chi connectivity index (χ2n) is 5.32. The van der Waals surface area contributed by atoms with Crippen LogP contribution in [0.15, 0.2) is 15.1 Å². The van der Waals surface area contributed by atoms with Crippen molar-refractivity contribution in [3.8, 4) is 0 Å². The molecule has 2 aromatic heterocycles. The van der Waals surface area contributed by atoms with Crippen molar-refractivity contribution < 1.29 is 9.53 Å². The van der Waals surface area contributed by atoms with Gasteiger partial charge in [-0.3, -0.25) is 4.79 Å². The summed E-state index contributed by atoms with van der Waals surface area (Å²) in [6.07, 6.45) is -0.567. The van der Waals surface area contributed by atoms with E-state index in [-0.39, 0.29) is 12.0 Å². The van der Waals surface area contributed by atoms with E-state index in [1.807, 2.05) is 0 Å². The van der Waals surface area contributed by atoms with Gasteiger partial charge in [0.1, 0.15) is 5.60 Å². The van der Waals surface area contributed by atoms with Crippen LogP contribution in [0.1, 0.15) is 26.3 Å². The summed E-state index contributed by atoms with van der Waals surface area (Å²) in [5.74, 6) is 0. The van der Waals surface area contributed by atoms with E-state index in [1.54, 1.807) is 26.8 Å². The number of alkyl carbamates (subject to hydrolysis) is 1. The topological polar surface area (TPSA) is 55.4 Å². The van der Waals surface area contributed by atoms with Crippen molar-refractivity contribution in [2.75, 3.05) is 0 Å². The molecule has 0 radical (unpaired) electrons. The van der Waals surface area contributed by atoms with Crippen LogP contribution in [0.3, 0.4) is 0 Å². The average molecular weight is 364 g/mol. The molecule has 0 aliphatic heterocycles. The highest BCUT2D eigenvalue weighted by Gasteiger charge is 2.18. The SMILES string of the molecule is CC(C)(C)OC(=O)NCc1c(S)sc2sc(Cl)cc2c1=O. The van der Waals surface area contributed by atoms with E-state index in [4.69, 9.17) is 16.3 Å². The van der Waals surface area contributed by atoms with Gasteiger partial charge in [0.2, 0.25) is 0 Å². The number of rotatable bonds is 2. The molecule has 0 fully saturated rings. The Balaban J connectivity index is 2.23. The van der Waals surface area contributed by atoms with E-state index in [0.29, 0.717) is 19.5 Å². The van der Waals surface area contributed by atoms with E-state index in [0.717, 1.165) is 4.01 Å². The highest BCUT2D eigenvalue weighted by Crippen LogP contribution is 2.34. The third-order valence-corrected chi connectivity index (χ3v) is 5.39. The molecule has 0 saturated carbocycles. The standard InChI is InChI=1S/C13H14ClNO3S3/c1-13(2,3)18-12(17)15-5-7-9(16)6-4-8(14)20-11(6)21-10(7)19/h4,19H,5H2,1-3H3,(H,15,17). The average Bonchev–Trinajstić information content (AvgIpc) is 2.67. The lowest BCUT2D eigenvalue weighted by Gasteiger charge is -2.19. The molecule has 2 heterocycles. The Kier molecular flexibility index (Phi) is 4.87. The maximum Gasteiger partial charge on any atom is 0.407 e. The molecule has 0 aromatic carbocycles. The number of amides is 1. The summed E-state index contributed by atoms with van der Waals surface area (Å²) in [6.45, 7) is 5.40. The van der Waals surface area contributed by atoms with E-state index >= 15 is 0 Å². The molecule has 2 rings (SSSR count). The molecule has 114 valence electrons. The molecule has 0 aliphatic rings. The zero-order chi connectivity index (χ0) is 15.8. The Bertz CT molecular complexity index is 745. The summed E-state index contributed by atoms with van der Waals surface area (Å²) >= 11 is 13.0. The van der Waals surface area contributed by atoms with Crippen molar-refractivity contribution >= 4 is 62.4 Å². The minimum atomic E-state index is -0.582. The Labute approximate surface area is 140 Å². The smallest absolute Gasteiger partial charge is 0.407 e. The maximum atomic E-state index is 12.4. The maximum absolute atomic E-state index is 12.4. The molecular weight excluding hydrogens is 350 g/mol. The van der Waals surface area contributed by atoms with Gasteiger partial charge < -0.3 is 10.1 Å². The van der Waals surface area contributed by atoms with Gasteiger partial charge in [-0.05, 0) is 26.8 Å². The normalized spacial score (nSPS) is 11.7. The van der Waals surface area contributed by atoms with E-state index in [1.165, 1.54) is 22.7 Å². The van der Waals surface area contributed by atoms with Crippen LogP contribution in [0.5, 0.6) is 0 Å². The lowest BCUT2D eigenvalue weighted by molar-refractivity contribution is 0.0523. The molecular formula is C13H14ClNO3S3. The Morgan fingerprint density at radius 1 is 1.43 bits per heavy atom. The molecule has 21 heavy (non-hydrogen) atoms. The highest BCUT2D eigenvalue weighted by atomic mass is 35.5. The van der Waals surface area contributed by atoms with Crippen molar-refractivity contribution in [2.45, 2.75) is 37.1 Å².